The van der Waals surface area contributed by atoms with Crippen LogP contribution in [0, 0.1) is 5.41 Å². The van der Waals surface area contributed by atoms with Crippen LogP contribution >= 0.6 is 0 Å². The minimum atomic E-state index is -1.21. The minimum Gasteiger partial charge on any atom is -0.478 e. The first-order chi connectivity index (χ1) is 6.81. The Kier molecular flexibility index (Phi) is 5.05. The molecule has 0 heterocycles. The third-order valence-electron chi connectivity index (χ3n) is 2.38. The lowest BCUT2D eigenvalue weighted by molar-refractivity contribution is -0.136. The van der Waals surface area contributed by atoms with E-state index in [1.54, 1.807) is 13.8 Å². The molecule has 0 atom stereocenters. The van der Waals surface area contributed by atoms with Gasteiger partial charge in [-0.05, 0) is 11.8 Å². The molecule has 0 aromatic heterocycles. The Labute approximate surface area is 89.6 Å². The summed E-state index contributed by atoms with van der Waals surface area (Å²) in [6, 6.07) is 0. The van der Waals surface area contributed by atoms with Crippen LogP contribution in [0.25, 0.3) is 0 Å². The molecule has 0 aliphatic carbocycles. The van der Waals surface area contributed by atoms with Crippen LogP contribution in [0.3, 0.4) is 0 Å². The maximum absolute atomic E-state index is 10.9. The van der Waals surface area contributed by atoms with Gasteiger partial charge in [0.1, 0.15) is 0 Å². The highest BCUT2D eigenvalue weighted by molar-refractivity contribution is 5.95. The van der Waals surface area contributed by atoms with E-state index in [-0.39, 0.29) is 5.57 Å². The highest BCUT2D eigenvalue weighted by atomic mass is 16.4. The highest BCUT2D eigenvalue weighted by Crippen LogP contribution is 2.32. The molecule has 0 rings (SSSR count). The number of hydrogen-bond acceptors (Lipinski definition) is 2. The summed E-state index contributed by atoms with van der Waals surface area (Å²) in [4.78, 5) is 21.4. The van der Waals surface area contributed by atoms with Crippen molar-refractivity contribution in [3.05, 3.63) is 11.6 Å². The summed E-state index contributed by atoms with van der Waals surface area (Å²) < 4.78 is 0. The van der Waals surface area contributed by atoms with Gasteiger partial charge in [0.05, 0.1) is 0 Å². The predicted octanol–water partition coefficient (Wildman–Crippen LogP) is 2.30. The number of carboxylic acids is 2. The monoisotopic (exact) mass is 214 g/mol. The summed E-state index contributed by atoms with van der Waals surface area (Å²) in [6.07, 6.45) is 3.31. The third-order valence-corrected chi connectivity index (χ3v) is 2.38. The van der Waals surface area contributed by atoms with Gasteiger partial charge < -0.3 is 10.2 Å². The topological polar surface area (TPSA) is 74.6 Å². The lowest BCUT2D eigenvalue weighted by Gasteiger charge is -2.24. The highest BCUT2D eigenvalue weighted by Gasteiger charge is 2.28. The van der Waals surface area contributed by atoms with Gasteiger partial charge in [-0.1, -0.05) is 33.6 Å². The molecule has 4 nitrogen and oxygen atoms in total. The summed E-state index contributed by atoms with van der Waals surface area (Å²) in [6.45, 7) is 5.52. The quantitative estimate of drug-likeness (QED) is 0.665. The van der Waals surface area contributed by atoms with Crippen molar-refractivity contribution in [3.63, 3.8) is 0 Å². The van der Waals surface area contributed by atoms with Crippen LogP contribution in [-0.2, 0) is 9.59 Å². The van der Waals surface area contributed by atoms with Crippen LogP contribution in [-0.4, -0.2) is 22.2 Å². The Morgan fingerprint density at radius 3 is 2.13 bits per heavy atom. The standard InChI is InChI=1S/C11H18O4/c1-4-5-6-11(2,3)8(10(14)15)7-9(12)13/h7H,4-6H2,1-3H3,(H,12,13)(H,14,15)/b8-7+. The minimum absolute atomic E-state index is 0.0385. The third kappa shape index (κ3) is 4.63. The van der Waals surface area contributed by atoms with E-state index < -0.39 is 17.4 Å². The van der Waals surface area contributed by atoms with Gasteiger partial charge in [0.2, 0.25) is 0 Å². The van der Waals surface area contributed by atoms with Crippen molar-refractivity contribution in [3.8, 4) is 0 Å². The van der Waals surface area contributed by atoms with E-state index in [4.69, 9.17) is 10.2 Å². The Hall–Kier alpha value is -1.32. The molecule has 15 heavy (non-hydrogen) atoms. The average Bonchev–Trinajstić information content (AvgIpc) is 2.10. The second kappa shape index (κ2) is 5.53. The Bertz CT molecular complexity index is 276. The summed E-state index contributed by atoms with van der Waals surface area (Å²) in [7, 11) is 0. The zero-order chi connectivity index (χ0) is 12.1. The molecule has 0 saturated carbocycles. The first-order valence-corrected chi connectivity index (χ1v) is 4.99. The van der Waals surface area contributed by atoms with Crippen molar-refractivity contribution >= 4 is 11.9 Å². The number of hydrogen-bond donors (Lipinski definition) is 2. The average molecular weight is 214 g/mol. The Morgan fingerprint density at radius 1 is 1.27 bits per heavy atom. The number of aliphatic carboxylic acids is 2. The van der Waals surface area contributed by atoms with Crippen LogP contribution in [0.4, 0.5) is 0 Å². The smallest absolute Gasteiger partial charge is 0.332 e. The van der Waals surface area contributed by atoms with Crippen LogP contribution in [0.5, 0.6) is 0 Å². The first kappa shape index (κ1) is 13.7. The zero-order valence-electron chi connectivity index (χ0n) is 9.41. The summed E-state index contributed by atoms with van der Waals surface area (Å²) in [5, 5.41) is 17.5. The normalized spacial score (nSPS) is 12.6. The lowest BCUT2D eigenvalue weighted by atomic mass is 9.79. The first-order valence-electron chi connectivity index (χ1n) is 4.99. The molecular formula is C11H18O4. The van der Waals surface area contributed by atoms with Crippen molar-refractivity contribution in [1.82, 2.24) is 0 Å². The molecule has 0 aromatic carbocycles. The van der Waals surface area contributed by atoms with Crippen LogP contribution in [0.2, 0.25) is 0 Å². The van der Waals surface area contributed by atoms with Crippen LogP contribution in [0.15, 0.2) is 11.6 Å². The van der Waals surface area contributed by atoms with E-state index in [0.29, 0.717) is 6.42 Å². The molecule has 0 radical (unpaired) electrons. The van der Waals surface area contributed by atoms with Gasteiger partial charge in [-0.3, -0.25) is 0 Å². The molecule has 0 aromatic rings. The van der Waals surface area contributed by atoms with Crippen molar-refractivity contribution in [1.29, 1.82) is 0 Å². The maximum atomic E-state index is 10.9. The molecule has 0 aliphatic heterocycles. The van der Waals surface area contributed by atoms with E-state index in [1.807, 2.05) is 6.92 Å². The number of rotatable bonds is 6. The van der Waals surface area contributed by atoms with Crippen molar-refractivity contribution in [2.24, 2.45) is 5.41 Å². The Morgan fingerprint density at radius 2 is 1.80 bits per heavy atom. The number of carboxylic acid groups (broad SMARTS) is 2. The van der Waals surface area contributed by atoms with E-state index in [1.165, 1.54) is 0 Å². The maximum Gasteiger partial charge on any atom is 0.332 e. The molecule has 4 heteroatoms. The van der Waals surface area contributed by atoms with Gasteiger partial charge in [0.15, 0.2) is 0 Å². The second-order valence-corrected chi connectivity index (χ2v) is 4.19. The van der Waals surface area contributed by atoms with Gasteiger partial charge in [-0.25, -0.2) is 9.59 Å². The molecule has 0 unspecified atom stereocenters. The number of carbonyl (C=O) groups is 2. The largest absolute Gasteiger partial charge is 0.478 e. The van der Waals surface area contributed by atoms with E-state index in [9.17, 15) is 9.59 Å². The molecule has 0 saturated heterocycles. The molecule has 0 fully saturated rings. The van der Waals surface area contributed by atoms with Gasteiger partial charge in [-0.15, -0.1) is 0 Å². The van der Waals surface area contributed by atoms with Crippen molar-refractivity contribution < 1.29 is 19.8 Å². The van der Waals surface area contributed by atoms with Crippen molar-refractivity contribution in [2.75, 3.05) is 0 Å². The van der Waals surface area contributed by atoms with Crippen LogP contribution < -0.4 is 0 Å². The number of unbranched alkanes of at least 4 members (excludes halogenated alkanes) is 1. The predicted molar refractivity (Wildman–Crippen MR) is 56.7 cm³/mol. The van der Waals surface area contributed by atoms with Gasteiger partial charge in [-0.2, -0.15) is 0 Å². The zero-order valence-corrected chi connectivity index (χ0v) is 9.41. The fraction of sp³-hybridized carbons (Fsp3) is 0.636. The van der Waals surface area contributed by atoms with Crippen LogP contribution in [0.1, 0.15) is 40.0 Å². The molecular weight excluding hydrogens is 196 g/mol. The van der Waals surface area contributed by atoms with Gasteiger partial charge in [0, 0.05) is 11.6 Å². The SMILES string of the molecule is CCCCC(C)(C)/C(=C/C(=O)O)C(=O)O. The van der Waals surface area contributed by atoms with E-state index in [0.717, 1.165) is 18.9 Å². The van der Waals surface area contributed by atoms with Gasteiger partial charge in [0.25, 0.3) is 0 Å². The van der Waals surface area contributed by atoms with E-state index >= 15 is 0 Å². The summed E-state index contributed by atoms with van der Waals surface area (Å²) >= 11 is 0. The summed E-state index contributed by atoms with van der Waals surface area (Å²) in [5.41, 5.74) is -0.635. The van der Waals surface area contributed by atoms with E-state index in [2.05, 4.69) is 0 Å². The fourth-order valence-electron chi connectivity index (χ4n) is 1.42. The lowest BCUT2D eigenvalue weighted by Crippen LogP contribution is -2.22. The molecule has 0 bridgehead atoms. The molecule has 0 aliphatic rings. The molecule has 0 spiro atoms. The molecule has 2 N–H and O–H groups in total. The van der Waals surface area contributed by atoms with Crippen molar-refractivity contribution in [2.45, 2.75) is 40.0 Å². The fourth-order valence-corrected chi connectivity index (χ4v) is 1.42. The van der Waals surface area contributed by atoms with Gasteiger partial charge >= 0.3 is 11.9 Å². The second-order valence-electron chi connectivity index (χ2n) is 4.19. The molecule has 0 amide bonds. The Balaban J connectivity index is 4.90. The molecule has 86 valence electrons. The summed E-state index contributed by atoms with van der Waals surface area (Å²) in [5.74, 6) is -2.37.